The molecule has 2 aliphatic rings. The molecular weight excluding hydrogens is 441 g/mol. The summed E-state index contributed by atoms with van der Waals surface area (Å²) in [5.74, 6) is -0.0814. The van der Waals surface area contributed by atoms with Crippen molar-refractivity contribution in [3.63, 3.8) is 0 Å². The van der Waals surface area contributed by atoms with Crippen LogP contribution >= 0.6 is 11.8 Å². The van der Waals surface area contributed by atoms with Gasteiger partial charge in [0.1, 0.15) is 5.69 Å². The van der Waals surface area contributed by atoms with Crippen LogP contribution in [0.2, 0.25) is 0 Å². The van der Waals surface area contributed by atoms with Crippen LogP contribution in [-0.2, 0) is 13.0 Å². The van der Waals surface area contributed by atoms with Crippen molar-refractivity contribution < 1.29 is 9.18 Å². The van der Waals surface area contributed by atoms with Crippen LogP contribution in [0.25, 0.3) is 10.9 Å². The number of hydrogen-bond acceptors (Lipinski definition) is 6. The number of carbonyl (C=O) groups is 1. The van der Waals surface area contributed by atoms with Gasteiger partial charge in [-0.15, -0.1) is 0 Å². The van der Waals surface area contributed by atoms with Crippen molar-refractivity contribution in [2.45, 2.75) is 42.0 Å². The fraction of sp³-hybridized carbons (Fsp3) is 0.304. The zero-order valence-corrected chi connectivity index (χ0v) is 18.8. The zero-order chi connectivity index (χ0) is 22.8. The number of primary amides is 1. The molecule has 2 aliphatic heterocycles. The summed E-state index contributed by atoms with van der Waals surface area (Å²) in [7, 11) is 0. The van der Waals surface area contributed by atoms with Gasteiger partial charge in [0.05, 0.1) is 24.1 Å². The van der Waals surface area contributed by atoms with E-state index in [2.05, 4.69) is 41.8 Å². The highest BCUT2D eigenvalue weighted by atomic mass is 32.2. The zero-order valence-electron chi connectivity index (χ0n) is 18.0. The predicted octanol–water partition coefficient (Wildman–Crippen LogP) is 3.78. The average molecular weight is 466 g/mol. The molecule has 6 rings (SSSR count). The maximum absolute atomic E-state index is 12.4. The largest absolute Gasteiger partial charge is 0.364 e. The lowest BCUT2D eigenvalue weighted by Crippen LogP contribution is -2.20. The molecular formula is C23H24FN7OS. The molecule has 0 bridgehead atoms. The first-order valence-corrected chi connectivity index (χ1v) is 11.8. The molecule has 0 radical (unpaired) electrons. The number of aromatic amines is 1. The van der Waals surface area contributed by atoms with E-state index in [0.717, 1.165) is 53.2 Å². The van der Waals surface area contributed by atoms with E-state index in [0.29, 0.717) is 11.6 Å². The van der Waals surface area contributed by atoms with Crippen LogP contribution in [0.1, 0.15) is 35.4 Å². The molecule has 1 fully saturated rings. The number of nitrogens with one attached hydrogen (secondary N) is 1. The molecule has 33 heavy (non-hydrogen) atoms. The van der Waals surface area contributed by atoms with Crippen LogP contribution < -0.4 is 10.6 Å². The molecule has 5 heterocycles. The second kappa shape index (κ2) is 9.22. The van der Waals surface area contributed by atoms with E-state index in [4.69, 9.17) is 5.73 Å². The summed E-state index contributed by atoms with van der Waals surface area (Å²) in [6, 6.07) is 8.11. The van der Waals surface area contributed by atoms with Crippen molar-refractivity contribution in [1.29, 1.82) is 0 Å². The molecule has 0 unspecified atom stereocenters. The van der Waals surface area contributed by atoms with E-state index in [1.807, 2.05) is 18.3 Å². The highest BCUT2D eigenvalue weighted by Gasteiger charge is 2.22. The molecule has 0 atom stereocenters. The molecule has 0 spiro atoms. The van der Waals surface area contributed by atoms with Gasteiger partial charge in [-0.2, -0.15) is 5.10 Å². The molecule has 8 nitrogen and oxygen atoms in total. The Balaban J connectivity index is 0.000000162. The van der Waals surface area contributed by atoms with E-state index in [1.54, 1.807) is 11.8 Å². The second-order valence-corrected chi connectivity index (χ2v) is 9.19. The van der Waals surface area contributed by atoms with Crippen LogP contribution in [0.5, 0.6) is 0 Å². The van der Waals surface area contributed by atoms with Crippen molar-refractivity contribution in [2.75, 3.05) is 18.0 Å². The Hall–Kier alpha value is -3.40. The second-order valence-electron chi connectivity index (χ2n) is 8.08. The van der Waals surface area contributed by atoms with Gasteiger partial charge >= 0.3 is 0 Å². The van der Waals surface area contributed by atoms with Crippen molar-refractivity contribution >= 4 is 34.5 Å². The Morgan fingerprint density at radius 3 is 2.61 bits per heavy atom. The Kier molecular flexibility index (Phi) is 5.99. The van der Waals surface area contributed by atoms with Crippen LogP contribution in [0.3, 0.4) is 0 Å². The minimum Gasteiger partial charge on any atom is -0.364 e. The lowest BCUT2D eigenvalue weighted by atomic mass is 10.3. The van der Waals surface area contributed by atoms with Gasteiger partial charge < -0.3 is 15.2 Å². The van der Waals surface area contributed by atoms with E-state index in [9.17, 15) is 9.18 Å². The highest BCUT2D eigenvalue weighted by molar-refractivity contribution is 7.99. The summed E-state index contributed by atoms with van der Waals surface area (Å²) in [4.78, 5) is 23.7. The standard InChI is InChI=1S/C15H14N4OS.C8H10FN3/c16-15(20)13-7-14(12-2-1-5-19(12)13)21-10-3-4-11-9(6-10)8-17-18-11;9-7-5-10-8(11-6-7)12-3-1-2-4-12/h3-4,6-8H,1-2,5H2,(H2,16,20)(H,17,18);5-6H,1-4H2. The first kappa shape index (κ1) is 21.4. The van der Waals surface area contributed by atoms with Gasteiger partial charge in [0, 0.05) is 40.5 Å². The molecule has 3 aromatic heterocycles. The topological polar surface area (TPSA) is 106 Å². The highest BCUT2D eigenvalue weighted by Crippen LogP contribution is 2.36. The van der Waals surface area contributed by atoms with E-state index in [-0.39, 0.29) is 11.7 Å². The van der Waals surface area contributed by atoms with Crippen LogP contribution in [0.15, 0.2) is 52.6 Å². The molecule has 170 valence electrons. The number of rotatable bonds is 4. The molecule has 3 N–H and O–H groups in total. The average Bonchev–Trinajstić information content (AvgIpc) is 3.60. The number of fused-ring (bicyclic) bond motifs is 2. The first-order chi connectivity index (χ1) is 16.1. The lowest BCUT2D eigenvalue weighted by molar-refractivity contribution is 0.0991. The maximum atomic E-state index is 12.4. The molecule has 10 heteroatoms. The van der Waals surface area contributed by atoms with Crippen LogP contribution in [-0.4, -0.2) is 43.7 Å². The van der Waals surface area contributed by atoms with Crippen molar-refractivity contribution in [2.24, 2.45) is 5.73 Å². The fourth-order valence-electron chi connectivity index (χ4n) is 4.27. The van der Waals surface area contributed by atoms with Gasteiger partial charge in [-0.3, -0.25) is 9.89 Å². The number of hydrogen-bond donors (Lipinski definition) is 2. The number of halogens is 1. The van der Waals surface area contributed by atoms with Crippen molar-refractivity contribution in [3.8, 4) is 0 Å². The monoisotopic (exact) mass is 465 g/mol. The Labute approximate surface area is 194 Å². The molecule has 1 saturated heterocycles. The van der Waals surface area contributed by atoms with Crippen LogP contribution in [0, 0.1) is 5.82 Å². The van der Waals surface area contributed by atoms with Crippen LogP contribution in [0.4, 0.5) is 10.3 Å². The summed E-state index contributed by atoms with van der Waals surface area (Å²) in [6.45, 7) is 2.87. The van der Waals surface area contributed by atoms with Gasteiger partial charge in [-0.25, -0.2) is 14.4 Å². The Bertz CT molecular complexity index is 1280. The minimum absolute atomic E-state index is 0.352. The number of carbonyl (C=O) groups excluding carboxylic acids is 1. The van der Waals surface area contributed by atoms with Crippen molar-refractivity contribution in [1.82, 2.24) is 24.7 Å². The Morgan fingerprint density at radius 1 is 1.06 bits per heavy atom. The number of benzene rings is 1. The third-order valence-corrected chi connectivity index (χ3v) is 6.91. The smallest absolute Gasteiger partial charge is 0.265 e. The number of H-pyrrole nitrogens is 1. The van der Waals surface area contributed by atoms with Crippen molar-refractivity contribution in [3.05, 3.63) is 60.1 Å². The van der Waals surface area contributed by atoms with Gasteiger partial charge in [0.2, 0.25) is 5.95 Å². The minimum atomic E-state index is -0.377. The van der Waals surface area contributed by atoms with Gasteiger partial charge in [0.25, 0.3) is 5.91 Å². The number of amides is 1. The number of nitrogens with zero attached hydrogens (tertiary/aromatic N) is 5. The summed E-state index contributed by atoms with van der Waals surface area (Å²) >= 11 is 1.68. The third kappa shape index (κ3) is 4.56. The maximum Gasteiger partial charge on any atom is 0.265 e. The molecule has 4 aromatic rings. The molecule has 0 saturated carbocycles. The fourth-order valence-corrected chi connectivity index (χ4v) is 5.35. The molecule has 0 aliphatic carbocycles. The van der Waals surface area contributed by atoms with Gasteiger partial charge in [-0.1, -0.05) is 11.8 Å². The lowest BCUT2D eigenvalue weighted by Gasteiger charge is -2.13. The third-order valence-electron chi connectivity index (χ3n) is 5.85. The van der Waals surface area contributed by atoms with E-state index in [1.165, 1.54) is 30.9 Å². The predicted molar refractivity (Wildman–Crippen MR) is 125 cm³/mol. The normalized spacial score (nSPS) is 14.9. The first-order valence-electron chi connectivity index (χ1n) is 10.9. The van der Waals surface area contributed by atoms with Gasteiger partial charge in [0.15, 0.2) is 5.82 Å². The van der Waals surface area contributed by atoms with E-state index < -0.39 is 0 Å². The summed E-state index contributed by atoms with van der Waals surface area (Å²) in [5, 5.41) is 8.07. The summed E-state index contributed by atoms with van der Waals surface area (Å²) in [6.07, 6.45) is 8.68. The Morgan fingerprint density at radius 2 is 1.85 bits per heavy atom. The quantitative estimate of drug-likeness (QED) is 0.475. The summed E-state index contributed by atoms with van der Waals surface area (Å²) in [5.41, 5.74) is 8.34. The van der Waals surface area contributed by atoms with E-state index >= 15 is 0 Å². The molecule has 1 amide bonds. The molecule has 1 aromatic carbocycles. The summed E-state index contributed by atoms with van der Waals surface area (Å²) < 4.78 is 14.5. The number of aromatic nitrogens is 5. The van der Waals surface area contributed by atoms with Gasteiger partial charge in [-0.05, 0) is 49.9 Å². The SMILES string of the molecule is Fc1cnc(N2CCCC2)nc1.NC(=O)c1cc(Sc2ccc3[nH]ncc3c2)c2n1CCC2. The number of anilines is 1. The number of nitrogens with two attached hydrogens (primary N) is 1.